The smallest absolute Gasteiger partial charge is 0.250 e. The van der Waals surface area contributed by atoms with E-state index in [1.54, 1.807) is 23.5 Å². The van der Waals surface area contributed by atoms with Gasteiger partial charge in [0.15, 0.2) is 0 Å². The molecule has 0 saturated carbocycles. The molecule has 1 atom stereocenters. The molecule has 31 heavy (non-hydrogen) atoms. The number of primary amides is 1. The lowest BCUT2D eigenvalue weighted by Gasteiger charge is -2.34. The Morgan fingerprint density at radius 1 is 1.13 bits per heavy atom. The number of carbonyl (C=O) groups is 1. The molecule has 8 heteroatoms. The van der Waals surface area contributed by atoms with Gasteiger partial charge in [0.1, 0.15) is 5.75 Å². The van der Waals surface area contributed by atoms with Crippen molar-refractivity contribution >= 4 is 17.2 Å². The summed E-state index contributed by atoms with van der Waals surface area (Å²) in [7, 11) is 0. The highest BCUT2D eigenvalue weighted by Gasteiger charge is 2.22. The first-order valence-corrected chi connectivity index (χ1v) is 11.5. The Bertz CT molecular complexity index is 955. The summed E-state index contributed by atoms with van der Waals surface area (Å²) in [5.41, 5.74) is 8.73. The molecule has 1 aliphatic rings. The van der Waals surface area contributed by atoms with Crippen molar-refractivity contribution in [1.29, 1.82) is 0 Å². The number of thiazole rings is 1. The number of aromatic nitrogens is 2. The van der Waals surface area contributed by atoms with Gasteiger partial charge in [0.05, 0.1) is 22.1 Å². The van der Waals surface area contributed by atoms with Gasteiger partial charge >= 0.3 is 0 Å². The van der Waals surface area contributed by atoms with Gasteiger partial charge in [-0.1, -0.05) is 18.6 Å². The van der Waals surface area contributed by atoms with Gasteiger partial charge in [0, 0.05) is 25.0 Å². The van der Waals surface area contributed by atoms with Crippen LogP contribution in [0.5, 0.6) is 11.6 Å². The number of nitrogens with one attached hydrogen (secondary N) is 1. The highest BCUT2D eigenvalue weighted by Crippen LogP contribution is 2.25. The Kier molecular flexibility index (Phi) is 7.24. The molecule has 0 spiro atoms. The Hall–Kier alpha value is -2.81. The van der Waals surface area contributed by atoms with Crippen LogP contribution in [0.1, 0.15) is 46.2 Å². The highest BCUT2D eigenvalue weighted by molar-refractivity contribution is 7.09. The molecule has 1 saturated heterocycles. The van der Waals surface area contributed by atoms with Crippen LogP contribution in [0.3, 0.4) is 0 Å². The van der Waals surface area contributed by atoms with E-state index in [4.69, 9.17) is 10.5 Å². The first-order chi connectivity index (χ1) is 15.2. The van der Waals surface area contributed by atoms with E-state index in [0.29, 0.717) is 17.2 Å². The molecule has 1 amide bonds. The zero-order valence-corrected chi connectivity index (χ0v) is 18.2. The molecule has 3 aromatic rings. The maximum Gasteiger partial charge on any atom is 0.250 e. The quantitative estimate of drug-likeness (QED) is 0.530. The van der Waals surface area contributed by atoms with Gasteiger partial charge in [0.2, 0.25) is 11.8 Å². The van der Waals surface area contributed by atoms with Gasteiger partial charge in [-0.3, -0.25) is 20.0 Å². The topological polar surface area (TPSA) is 93.4 Å². The molecule has 0 aliphatic carbocycles. The molecular weight excluding hydrogens is 410 g/mol. The molecule has 7 nitrogen and oxygen atoms in total. The molecule has 2 aromatic heterocycles. The van der Waals surface area contributed by atoms with Crippen LogP contribution in [0.15, 0.2) is 54.3 Å². The third-order valence-corrected chi connectivity index (χ3v) is 6.22. The summed E-state index contributed by atoms with van der Waals surface area (Å²) in [6.07, 6.45) is 8.41. The van der Waals surface area contributed by atoms with E-state index < -0.39 is 5.91 Å². The summed E-state index contributed by atoms with van der Waals surface area (Å²) in [5.74, 6) is 0.620. The van der Waals surface area contributed by atoms with Crippen LogP contribution in [-0.2, 0) is 6.42 Å². The highest BCUT2D eigenvalue weighted by atomic mass is 32.1. The second-order valence-corrected chi connectivity index (χ2v) is 8.52. The van der Waals surface area contributed by atoms with Gasteiger partial charge in [-0.25, -0.2) is 4.98 Å². The fraction of sp³-hybridized carbons (Fsp3) is 0.348. The second-order valence-electron chi connectivity index (χ2n) is 7.60. The minimum atomic E-state index is -0.505. The van der Waals surface area contributed by atoms with Crippen LogP contribution < -0.4 is 15.8 Å². The average molecular weight is 438 g/mol. The number of carbonyl (C=O) groups excluding carboxylic acids is 1. The maximum atomic E-state index is 11.1. The van der Waals surface area contributed by atoms with Crippen molar-refractivity contribution in [2.24, 2.45) is 5.73 Å². The molecule has 3 N–H and O–H groups in total. The Morgan fingerprint density at radius 3 is 2.58 bits per heavy atom. The van der Waals surface area contributed by atoms with Crippen LogP contribution >= 0.6 is 11.3 Å². The zero-order valence-electron chi connectivity index (χ0n) is 17.4. The van der Waals surface area contributed by atoms with E-state index in [0.717, 1.165) is 26.1 Å². The molecule has 0 bridgehead atoms. The number of amides is 1. The van der Waals surface area contributed by atoms with Gasteiger partial charge in [-0.2, -0.15) is 0 Å². The van der Waals surface area contributed by atoms with Gasteiger partial charge in [0.25, 0.3) is 0 Å². The Labute approximate surface area is 186 Å². The molecule has 1 aliphatic heterocycles. The number of pyridine rings is 1. The summed E-state index contributed by atoms with van der Waals surface area (Å²) in [5, 5.41) is 3.73. The number of ether oxygens (including phenoxy) is 1. The molecule has 1 unspecified atom stereocenters. The molecule has 3 heterocycles. The monoisotopic (exact) mass is 437 g/mol. The number of nitrogens with zero attached hydrogens (tertiary/aromatic N) is 3. The number of hydrogen-bond donors (Lipinski definition) is 2. The number of nitrogens with two attached hydrogens (primary N) is 1. The number of likely N-dealkylation sites (tertiary alicyclic amines) is 1. The maximum absolute atomic E-state index is 11.1. The SMILES string of the molecule is NC(=O)c1ccc(Oc2ccc(CCNC(c3cncs3)N3CCCCC3)cc2)nc1. The fourth-order valence-corrected chi connectivity index (χ4v) is 4.46. The van der Waals surface area contributed by atoms with Crippen molar-refractivity contribution in [2.45, 2.75) is 31.8 Å². The largest absolute Gasteiger partial charge is 0.439 e. The van der Waals surface area contributed by atoms with E-state index in [9.17, 15) is 4.79 Å². The number of hydrogen-bond acceptors (Lipinski definition) is 7. The normalized spacial score (nSPS) is 15.5. The van der Waals surface area contributed by atoms with Gasteiger partial charge in [-0.05, 0) is 56.1 Å². The predicted octanol–water partition coefficient (Wildman–Crippen LogP) is 3.75. The number of piperidine rings is 1. The van der Waals surface area contributed by atoms with Crippen LogP contribution in [0.2, 0.25) is 0 Å². The van der Waals surface area contributed by atoms with E-state index in [2.05, 4.69) is 32.3 Å². The zero-order chi connectivity index (χ0) is 21.5. The fourth-order valence-electron chi connectivity index (χ4n) is 3.73. The Balaban J connectivity index is 1.30. The molecule has 1 fully saturated rings. The summed E-state index contributed by atoms with van der Waals surface area (Å²) in [6, 6.07) is 11.2. The predicted molar refractivity (Wildman–Crippen MR) is 121 cm³/mol. The lowest BCUT2D eigenvalue weighted by atomic mass is 10.1. The molecular formula is C23H27N5O2S. The number of benzene rings is 1. The molecule has 0 radical (unpaired) electrons. The van der Waals surface area contributed by atoms with Gasteiger partial charge in [-0.15, -0.1) is 11.3 Å². The van der Waals surface area contributed by atoms with Crippen molar-refractivity contribution < 1.29 is 9.53 Å². The van der Waals surface area contributed by atoms with E-state index in [-0.39, 0.29) is 6.17 Å². The van der Waals surface area contributed by atoms with E-state index in [1.165, 1.54) is 35.9 Å². The summed E-state index contributed by atoms with van der Waals surface area (Å²) in [6.45, 7) is 3.15. The van der Waals surface area contributed by atoms with Crippen LogP contribution in [0.25, 0.3) is 0 Å². The summed E-state index contributed by atoms with van der Waals surface area (Å²) < 4.78 is 5.75. The van der Waals surface area contributed by atoms with Crippen LogP contribution in [0.4, 0.5) is 0 Å². The standard InChI is InChI=1S/C23H27N5O2S/c24-22(29)18-6-9-21(27-14-18)30-19-7-4-17(5-8-19)10-11-26-23(20-15-25-16-31-20)28-12-2-1-3-13-28/h4-9,14-16,23,26H,1-3,10-13H2,(H2,24,29). The minimum absolute atomic E-state index is 0.241. The van der Waals surface area contributed by atoms with Crippen molar-refractivity contribution in [3.05, 3.63) is 70.3 Å². The lowest BCUT2D eigenvalue weighted by Crippen LogP contribution is -2.41. The minimum Gasteiger partial charge on any atom is -0.439 e. The summed E-state index contributed by atoms with van der Waals surface area (Å²) in [4.78, 5) is 23.3. The third kappa shape index (κ3) is 5.88. The number of rotatable bonds is 9. The van der Waals surface area contributed by atoms with Crippen molar-refractivity contribution in [3.8, 4) is 11.6 Å². The first-order valence-electron chi connectivity index (χ1n) is 10.6. The second kappa shape index (κ2) is 10.5. The van der Waals surface area contributed by atoms with E-state index in [1.807, 2.05) is 23.8 Å². The van der Waals surface area contributed by atoms with Gasteiger partial charge < -0.3 is 10.5 Å². The summed E-state index contributed by atoms with van der Waals surface area (Å²) >= 11 is 1.71. The molecule has 1 aromatic carbocycles. The van der Waals surface area contributed by atoms with E-state index >= 15 is 0 Å². The third-order valence-electron chi connectivity index (χ3n) is 5.39. The van der Waals surface area contributed by atoms with Crippen molar-refractivity contribution in [2.75, 3.05) is 19.6 Å². The van der Waals surface area contributed by atoms with Crippen molar-refractivity contribution in [3.63, 3.8) is 0 Å². The van der Waals surface area contributed by atoms with Crippen LogP contribution in [-0.4, -0.2) is 40.4 Å². The lowest BCUT2D eigenvalue weighted by molar-refractivity contribution is 0.1000. The average Bonchev–Trinajstić information content (AvgIpc) is 3.33. The van der Waals surface area contributed by atoms with Crippen LogP contribution in [0, 0.1) is 0 Å². The molecule has 4 rings (SSSR count). The Morgan fingerprint density at radius 2 is 1.94 bits per heavy atom. The van der Waals surface area contributed by atoms with Crippen molar-refractivity contribution in [1.82, 2.24) is 20.2 Å². The first kappa shape index (κ1) is 21.4. The molecule has 162 valence electrons.